The van der Waals surface area contributed by atoms with Crippen LogP contribution in [0.1, 0.15) is 26.7 Å². The van der Waals surface area contributed by atoms with Gasteiger partial charge in [-0.05, 0) is 30.8 Å². The highest BCUT2D eigenvalue weighted by molar-refractivity contribution is 5.91. The average molecular weight is 529 g/mol. The van der Waals surface area contributed by atoms with Gasteiger partial charge in [0.05, 0.1) is 25.6 Å². The van der Waals surface area contributed by atoms with E-state index in [-0.39, 0.29) is 30.4 Å². The van der Waals surface area contributed by atoms with Gasteiger partial charge in [-0.2, -0.15) is 0 Å². The molecule has 6 N–H and O–H groups in total. The lowest BCUT2D eigenvalue weighted by Gasteiger charge is -2.45. The number of hydrogen-bond acceptors (Lipinski definition) is 12. The molecule has 0 aromatic heterocycles. The molecule has 3 aliphatic heterocycles. The quantitative estimate of drug-likeness (QED) is 0.124. The van der Waals surface area contributed by atoms with Crippen LogP contribution < -0.4 is 0 Å². The Kier molecular flexibility index (Phi) is 7.88. The molecular formula is C25H36O12. The van der Waals surface area contributed by atoms with Crippen LogP contribution in [0.3, 0.4) is 0 Å². The molecule has 0 spiro atoms. The normalized spacial score (nSPS) is 45.9. The summed E-state index contributed by atoms with van der Waals surface area (Å²) in [5.41, 5.74) is -1.06. The minimum atomic E-state index is -1.89. The highest BCUT2D eigenvalue weighted by Crippen LogP contribution is 2.51. The fourth-order valence-electron chi connectivity index (χ4n) is 5.32. The lowest BCUT2D eigenvalue weighted by Crippen LogP contribution is -2.59. The number of allylic oxidation sites excluding steroid dienone is 2. The molecule has 0 aromatic carbocycles. The van der Waals surface area contributed by atoms with E-state index in [0.29, 0.717) is 18.4 Å². The first-order valence-electron chi connectivity index (χ1n) is 12.2. The molecule has 3 heterocycles. The summed E-state index contributed by atoms with van der Waals surface area (Å²) < 4.78 is 27.7. The molecule has 37 heavy (non-hydrogen) atoms. The third-order valence-electron chi connectivity index (χ3n) is 8.07. The molecular weight excluding hydrogens is 492 g/mol. The molecule has 4 aliphatic rings. The molecule has 12 nitrogen and oxygen atoms in total. The fourth-order valence-corrected chi connectivity index (χ4v) is 5.32. The number of aliphatic hydroxyl groups excluding tert-OH is 5. The Hall–Kier alpha value is -1.87. The van der Waals surface area contributed by atoms with Crippen molar-refractivity contribution in [2.75, 3.05) is 19.8 Å². The number of rotatable bonds is 8. The smallest absolute Gasteiger partial charge is 0.334 e. The van der Waals surface area contributed by atoms with Crippen molar-refractivity contribution in [3.05, 3.63) is 36.1 Å². The Morgan fingerprint density at radius 1 is 1.19 bits per heavy atom. The fraction of sp³-hybridized carbons (Fsp3) is 0.720. The second kappa shape index (κ2) is 10.4. The zero-order chi connectivity index (χ0) is 27.3. The summed E-state index contributed by atoms with van der Waals surface area (Å²) in [4.78, 5) is 12.1. The summed E-state index contributed by atoms with van der Waals surface area (Å²) in [7, 11) is 0. The van der Waals surface area contributed by atoms with Gasteiger partial charge >= 0.3 is 5.97 Å². The zero-order valence-electron chi connectivity index (χ0n) is 20.9. The minimum Gasteiger partial charge on any atom is -0.467 e. The molecule has 2 saturated heterocycles. The van der Waals surface area contributed by atoms with Gasteiger partial charge in [-0.15, -0.1) is 6.58 Å². The number of fused-ring (bicyclic) bond motifs is 1. The average Bonchev–Trinajstić information content (AvgIpc) is 3.31. The van der Waals surface area contributed by atoms with Crippen LogP contribution in [0.25, 0.3) is 0 Å². The van der Waals surface area contributed by atoms with Gasteiger partial charge < -0.3 is 54.3 Å². The highest BCUT2D eigenvalue weighted by atomic mass is 16.7. The number of esters is 1. The van der Waals surface area contributed by atoms with Crippen molar-refractivity contribution in [3.63, 3.8) is 0 Å². The number of carbonyl (C=O) groups excluding carboxylic acids is 1. The largest absolute Gasteiger partial charge is 0.467 e. The van der Waals surface area contributed by atoms with Crippen LogP contribution in [0.15, 0.2) is 36.1 Å². The molecule has 1 saturated carbocycles. The van der Waals surface area contributed by atoms with Crippen LogP contribution in [0, 0.1) is 11.3 Å². The van der Waals surface area contributed by atoms with E-state index in [1.54, 1.807) is 13.0 Å². The maximum absolute atomic E-state index is 12.1. The van der Waals surface area contributed by atoms with Gasteiger partial charge in [0.25, 0.3) is 0 Å². The number of carbonyl (C=O) groups is 1. The zero-order valence-corrected chi connectivity index (χ0v) is 20.9. The van der Waals surface area contributed by atoms with Crippen molar-refractivity contribution in [1.29, 1.82) is 0 Å². The molecule has 0 radical (unpaired) electrons. The number of aliphatic hydroxyl groups is 6. The van der Waals surface area contributed by atoms with Crippen molar-refractivity contribution in [1.82, 2.24) is 0 Å². The molecule has 0 bridgehead atoms. The van der Waals surface area contributed by atoms with Crippen LogP contribution in [-0.4, -0.2) is 111 Å². The maximum Gasteiger partial charge on any atom is 0.334 e. The van der Waals surface area contributed by atoms with Gasteiger partial charge in [0.1, 0.15) is 42.2 Å². The second-order valence-corrected chi connectivity index (χ2v) is 10.5. The predicted octanol–water partition coefficient (Wildman–Crippen LogP) is -1.37. The third kappa shape index (κ3) is 4.98. The van der Waals surface area contributed by atoms with Gasteiger partial charge in [-0.3, -0.25) is 0 Å². The molecule has 208 valence electrons. The van der Waals surface area contributed by atoms with Crippen LogP contribution in [-0.2, 0) is 28.5 Å². The Balaban J connectivity index is 1.44. The number of ether oxygens (including phenoxy) is 5. The molecule has 12 heteroatoms. The van der Waals surface area contributed by atoms with Gasteiger partial charge in [0.15, 0.2) is 6.29 Å². The van der Waals surface area contributed by atoms with E-state index in [1.807, 2.05) is 6.92 Å². The molecule has 0 amide bonds. The van der Waals surface area contributed by atoms with E-state index in [4.69, 9.17) is 23.7 Å². The summed E-state index contributed by atoms with van der Waals surface area (Å²) in [6, 6.07) is 0. The summed E-state index contributed by atoms with van der Waals surface area (Å²) >= 11 is 0. The van der Waals surface area contributed by atoms with Gasteiger partial charge in [-0.25, -0.2) is 4.79 Å². The van der Waals surface area contributed by atoms with E-state index < -0.39 is 67.3 Å². The maximum atomic E-state index is 12.1. The van der Waals surface area contributed by atoms with E-state index in [9.17, 15) is 35.4 Å². The summed E-state index contributed by atoms with van der Waals surface area (Å²) in [6.07, 6.45) is -8.08. The molecule has 3 fully saturated rings. The second-order valence-electron chi connectivity index (χ2n) is 10.5. The first kappa shape index (κ1) is 28.1. The minimum absolute atomic E-state index is 0.232. The summed E-state index contributed by atoms with van der Waals surface area (Å²) in [5, 5.41) is 60.9. The Morgan fingerprint density at radius 3 is 2.51 bits per heavy atom. The van der Waals surface area contributed by atoms with E-state index in [1.165, 1.54) is 0 Å². The number of hydrogen-bond donors (Lipinski definition) is 6. The van der Waals surface area contributed by atoms with E-state index in [2.05, 4.69) is 13.2 Å². The molecule has 1 aliphatic carbocycles. The predicted molar refractivity (Wildman–Crippen MR) is 124 cm³/mol. The Morgan fingerprint density at radius 2 is 1.89 bits per heavy atom. The van der Waals surface area contributed by atoms with Crippen LogP contribution in [0.2, 0.25) is 0 Å². The summed E-state index contributed by atoms with van der Waals surface area (Å²) in [6.45, 7) is 10.1. The lowest BCUT2D eigenvalue weighted by atomic mass is 9.64. The van der Waals surface area contributed by atoms with Crippen LogP contribution >= 0.6 is 0 Å². The topological polar surface area (TPSA) is 185 Å². The monoisotopic (exact) mass is 528 g/mol. The van der Waals surface area contributed by atoms with Crippen LogP contribution in [0.5, 0.6) is 0 Å². The Bertz CT molecular complexity index is 950. The molecule has 11 unspecified atom stereocenters. The SMILES string of the molecule is C=CC1(C)CC2OC(=O)C(C)=C2CC1C(=C)OC1OC(COC2OCC(O)(CO)C2O)C(O)C(O)C1O. The molecule has 4 rings (SSSR count). The Labute approximate surface area is 214 Å². The van der Waals surface area contributed by atoms with Crippen molar-refractivity contribution < 1.29 is 59.1 Å². The standard InChI is InChI=1S/C25H36O12/c1-5-24(4)7-15-13(11(2)21(31)36-15)6-14(24)12(3)35-22-19(29)18(28)17(27)16(37-22)8-33-23-20(30)25(32,9-26)10-34-23/h5,14-20,22-23,26-30,32H,1,3,6-10H2,2,4H3. The van der Waals surface area contributed by atoms with Crippen molar-refractivity contribution in [2.24, 2.45) is 11.3 Å². The summed E-state index contributed by atoms with van der Waals surface area (Å²) in [5.74, 6) is -0.484. The van der Waals surface area contributed by atoms with E-state index >= 15 is 0 Å². The molecule has 11 atom stereocenters. The highest BCUT2D eigenvalue weighted by Gasteiger charge is 2.52. The molecule has 0 aromatic rings. The first-order valence-corrected chi connectivity index (χ1v) is 12.2. The first-order chi connectivity index (χ1) is 17.3. The van der Waals surface area contributed by atoms with Gasteiger partial charge in [0, 0.05) is 11.5 Å². The van der Waals surface area contributed by atoms with Crippen molar-refractivity contribution >= 4 is 5.97 Å². The van der Waals surface area contributed by atoms with Crippen molar-refractivity contribution in [2.45, 2.75) is 81.5 Å². The third-order valence-corrected chi connectivity index (χ3v) is 8.07. The van der Waals surface area contributed by atoms with Gasteiger partial charge in [-0.1, -0.05) is 19.6 Å². The van der Waals surface area contributed by atoms with E-state index in [0.717, 1.165) is 5.57 Å². The van der Waals surface area contributed by atoms with Crippen molar-refractivity contribution in [3.8, 4) is 0 Å². The van der Waals surface area contributed by atoms with Crippen LogP contribution in [0.4, 0.5) is 0 Å². The van der Waals surface area contributed by atoms with Gasteiger partial charge in [0.2, 0.25) is 6.29 Å². The lowest BCUT2D eigenvalue weighted by molar-refractivity contribution is -0.303.